The number of fused-ring (bicyclic) bond motifs is 2. The molecule has 2 N–H and O–H groups in total. The maximum Gasteiger partial charge on any atom is 0.277 e. The molecule has 1 aliphatic heterocycles. The number of nitrogens with one attached hydrogen (secondary N) is 2. The molecule has 0 aliphatic carbocycles. The molecule has 29 heavy (non-hydrogen) atoms. The summed E-state index contributed by atoms with van der Waals surface area (Å²) in [5.74, 6) is 1.67. The van der Waals surface area contributed by atoms with Crippen LogP contribution in [0.15, 0.2) is 45.9 Å². The standard InChI is InChI=1S/C21H22N6O2/c1-13-15(6-9-29-13)18-10-19-24-17-5-8-26(12-16(17)21(28)27(19)25-18)11-14-4-3-7-23-20(14)22-2/h3-4,6-7,9-10,25H,5,8,11-12H2,1-2H3,(H,22,23). The fourth-order valence-corrected chi connectivity index (χ4v) is 4.01. The number of furan rings is 1. The second-order valence-electron chi connectivity index (χ2n) is 7.32. The molecule has 0 radical (unpaired) electrons. The largest absolute Gasteiger partial charge is 0.469 e. The van der Waals surface area contributed by atoms with Crippen molar-refractivity contribution >= 4 is 11.5 Å². The lowest BCUT2D eigenvalue weighted by Crippen LogP contribution is -2.36. The first-order valence-corrected chi connectivity index (χ1v) is 9.66. The van der Waals surface area contributed by atoms with Gasteiger partial charge in [0.2, 0.25) is 0 Å². The van der Waals surface area contributed by atoms with Crippen LogP contribution in [0.25, 0.3) is 16.9 Å². The highest BCUT2D eigenvalue weighted by Crippen LogP contribution is 2.25. The normalized spacial score (nSPS) is 14.3. The molecule has 0 saturated carbocycles. The molecule has 1 aliphatic rings. The van der Waals surface area contributed by atoms with Crippen molar-refractivity contribution < 1.29 is 4.42 Å². The average molecular weight is 390 g/mol. The maximum absolute atomic E-state index is 13.2. The molecule has 0 saturated heterocycles. The van der Waals surface area contributed by atoms with Crippen LogP contribution < -0.4 is 10.9 Å². The topological polar surface area (TPSA) is 91.5 Å². The molecule has 0 amide bonds. The van der Waals surface area contributed by atoms with Gasteiger partial charge in [-0.25, -0.2) is 14.5 Å². The monoisotopic (exact) mass is 390 g/mol. The highest BCUT2D eigenvalue weighted by atomic mass is 16.3. The van der Waals surface area contributed by atoms with E-state index in [0.717, 1.165) is 59.2 Å². The molecule has 5 rings (SSSR count). The molecule has 8 heteroatoms. The van der Waals surface area contributed by atoms with Crippen LogP contribution in [0.3, 0.4) is 0 Å². The summed E-state index contributed by atoms with van der Waals surface area (Å²) in [4.78, 5) is 24.6. The lowest BCUT2D eigenvalue weighted by atomic mass is 10.1. The second-order valence-corrected chi connectivity index (χ2v) is 7.32. The fourth-order valence-electron chi connectivity index (χ4n) is 4.01. The Morgan fingerprint density at radius 3 is 3.03 bits per heavy atom. The number of aryl methyl sites for hydroxylation is 1. The first-order valence-electron chi connectivity index (χ1n) is 9.66. The van der Waals surface area contributed by atoms with Gasteiger partial charge in [-0.05, 0) is 19.1 Å². The number of hydrogen-bond donors (Lipinski definition) is 2. The van der Waals surface area contributed by atoms with E-state index in [4.69, 9.17) is 9.40 Å². The molecule has 0 aromatic carbocycles. The van der Waals surface area contributed by atoms with Crippen molar-refractivity contribution in [2.45, 2.75) is 26.4 Å². The molecule has 4 aromatic rings. The third kappa shape index (κ3) is 3.01. The molecule has 148 valence electrons. The number of pyridine rings is 1. The van der Waals surface area contributed by atoms with Gasteiger partial charge in [0.15, 0.2) is 5.65 Å². The first kappa shape index (κ1) is 17.7. The first-order chi connectivity index (χ1) is 14.1. The highest BCUT2D eigenvalue weighted by Gasteiger charge is 2.23. The van der Waals surface area contributed by atoms with Gasteiger partial charge in [0, 0.05) is 56.5 Å². The fraction of sp³-hybridized carbons (Fsp3) is 0.286. The zero-order chi connectivity index (χ0) is 20.0. The summed E-state index contributed by atoms with van der Waals surface area (Å²) in [6.07, 6.45) is 4.17. The van der Waals surface area contributed by atoms with Gasteiger partial charge in [0.05, 0.1) is 23.2 Å². The predicted octanol–water partition coefficient (Wildman–Crippen LogP) is 2.59. The van der Waals surface area contributed by atoms with Crippen LogP contribution in [0.4, 0.5) is 5.82 Å². The minimum atomic E-state index is -0.0397. The van der Waals surface area contributed by atoms with E-state index in [9.17, 15) is 4.79 Å². The van der Waals surface area contributed by atoms with Gasteiger partial charge in [-0.15, -0.1) is 0 Å². The van der Waals surface area contributed by atoms with Crippen LogP contribution in [0.5, 0.6) is 0 Å². The van der Waals surface area contributed by atoms with E-state index >= 15 is 0 Å². The highest BCUT2D eigenvalue weighted by molar-refractivity contribution is 5.65. The predicted molar refractivity (Wildman–Crippen MR) is 110 cm³/mol. The van der Waals surface area contributed by atoms with E-state index in [-0.39, 0.29) is 5.56 Å². The lowest BCUT2D eigenvalue weighted by Gasteiger charge is -2.28. The Morgan fingerprint density at radius 1 is 1.34 bits per heavy atom. The van der Waals surface area contributed by atoms with Crippen LogP contribution in [0.2, 0.25) is 0 Å². The van der Waals surface area contributed by atoms with E-state index in [1.54, 1.807) is 12.5 Å². The maximum atomic E-state index is 13.2. The quantitative estimate of drug-likeness (QED) is 0.557. The van der Waals surface area contributed by atoms with E-state index in [0.29, 0.717) is 12.2 Å². The van der Waals surface area contributed by atoms with Crippen LogP contribution in [0, 0.1) is 6.92 Å². The van der Waals surface area contributed by atoms with Gasteiger partial charge < -0.3 is 9.73 Å². The molecule has 4 aromatic heterocycles. The summed E-state index contributed by atoms with van der Waals surface area (Å²) in [6, 6.07) is 7.79. The Kier molecular flexibility index (Phi) is 4.21. The van der Waals surface area contributed by atoms with Crippen molar-refractivity contribution in [3.63, 3.8) is 0 Å². The van der Waals surface area contributed by atoms with Gasteiger partial charge in [-0.1, -0.05) is 6.07 Å². The van der Waals surface area contributed by atoms with Crippen LogP contribution in [0.1, 0.15) is 22.6 Å². The van der Waals surface area contributed by atoms with Gasteiger partial charge in [0.1, 0.15) is 11.6 Å². The van der Waals surface area contributed by atoms with Crippen LogP contribution in [-0.2, 0) is 19.5 Å². The van der Waals surface area contributed by atoms with Crippen molar-refractivity contribution in [1.29, 1.82) is 0 Å². The number of hydrogen-bond acceptors (Lipinski definition) is 6. The minimum absolute atomic E-state index is 0.0397. The Balaban J connectivity index is 1.49. The molecule has 0 atom stereocenters. The van der Waals surface area contributed by atoms with Crippen molar-refractivity contribution in [2.75, 3.05) is 18.9 Å². The van der Waals surface area contributed by atoms with Gasteiger partial charge in [-0.2, -0.15) is 0 Å². The van der Waals surface area contributed by atoms with Crippen molar-refractivity contribution in [1.82, 2.24) is 24.5 Å². The molecule has 0 unspecified atom stereocenters. The van der Waals surface area contributed by atoms with Crippen molar-refractivity contribution in [2.24, 2.45) is 0 Å². The number of nitrogens with zero attached hydrogens (tertiary/aromatic N) is 4. The molecular weight excluding hydrogens is 368 g/mol. The second kappa shape index (κ2) is 6.89. The Labute approximate surface area is 167 Å². The number of rotatable bonds is 4. The Bertz CT molecular complexity index is 1250. The third-order valence-electron chi connectivity index (χ3n) is 5.51. The molecule has 0 bridgehead atoms. The van der Waals surface area contributed by atoms with Crippen LogP contribution >= 0.6 is 0 Å². The van der Waals surface area contributed by atoms with E-state index in [1.165, 1.54) is 4.52 Å². The average Bonchev–Trinajstić information content (AvgIpc) is 3.35. The number of H-pyrrole nitrogens is 1. The van der Waals surface area contributed by atoms with Gasteiger partial charge in [-0.3, -0.25) is 14.8 Å². The smallest absolute Gasteiger partial charge is 0.277 e. The molecule has 8 nitrogen and oxygen atoms in total. The van der Waals surface area contributed by atoms with Crippen molar-refractivity contribution in [3.8, 4) is 11.3 Å². The Morgan fingerprint density at radius 2 is 2.24 bits per heavy atom. The van der Waals surface area contributed by atoms with Gasteiger partial charge >= 0.3 is 0 Å². The SMILES string of the molecule is CNc1ncccc1CN1CCc2nc3cc(-c4ccoc4C)[nH]n3c(=O)c2C1. The summed E-state index contributed by atoms with van der Waals surface area (Å²) in [6.45, 7) is 4.06. The zero-order valence-corrected chi connectivity index (χ0v) is 16.4. The number of aromatic nitrogens is 4. The zero-order valence-electron chi connectivity index (χ0n) is 16.4. The third-order valence-corrected chi connectivity index (χ3v) is 5.51. The van der Waals surface area contributed by atoms with Crippen LogP contribution in [-0.4, -0.2) is 38.1 Å². The molecule has 0 fully saturated rings. The summed E-state index contributed by atoms with van der Waals surface area (Å²) < 4.78 is 6.92. The molecule has 0 spiro atoms. The minimum Gasteiger partial charge on any atom is -0.469 e. The lowest BCUT2D eigenvalue weighted by molar-refractivity contribution is 0.242. The summed E-state index contributed by atoms with van der Waals surface area (Å²) >= 11 is 0. The molecular formula is C21H22N6O2. The summed E-state index contributed by atoms with van der Waals surface area (Å²) in [7, 11) is 1.87. The summed E-state index contributed by atoms with van der Waals surface area (Å²) in [5, 5.41) is 6.32. The summed E-state index contributed by atoms with van der Waals surface area (Å²) in [5.41, 5.74) is 5.12. The van der Waals surface area contributed by atoms with E-state index in [2.05, 4.69) is 26.4 Å². The van der Waals surface area contributed by atoms with Gasteiger partial charge in [0.25, 0.3) is 5.56 Å². The Hall–Kier alpha value is -3.39. The number of aromatic amines is 1. The molecule has 5 heterocycles. The number of anilines is 1. The van der Waals surface area contributed by atoms with Crippen molar-refractivity contribution in [3.05, 3.63) is 69.7 Å². The van der Waals surface area contributed by atoms with E-state index < -0.39 is 0 Å². The van der Waals surface area contributed by atoms with E-state index in [1.807, 2.05) is 32.2 Å².